The Labute approximate surface area is 217 Å². The molecule has 3 aromatic rings. The fraction of sp³-hybridized carbons (Fsp3) is 0.333. The molecule has 1 aliphatic heterocycles. The molecule has 0 spiro atoms. The number of para-hydroxylation sites is 1. The maximum absolute atomic E-state index is 13.7. The van der Waals surface area contributed by atoms with Gasteiger partial charge in [0.15, 0.2) is 0 Å². The summed E-state index contributed by atoms with van der Waals surface area (Å²) in [7, 11) is 0. The van der Waals surface area contributed by atoms with Gasteiger partial charge in [0.2, 0.25) is 5.91 Å². The van der Waals surface area contributed by atoms with E-state index < -0.39 is 4.92 Å². The number of nitro groups is 1. The topological polar surface area (TPSA) is 83.8 Å². The third kappa shape index (κ3) is 5.71. The van der Waals surface area contributed by atoms with Crippen LogP contribution >= 0.6 is 0 Å². The summed E-state index contributed by atoms with van der Waals surface area (Å²) < 4.78 is 0. The quantitative estimate of drug-likeness (QED) is 0.179. The Balaban J connectivity index is 1.73. The summed E-state index contributed by atoms with van der Waals surface area (Å²) in [5, 5.41) is 11.2. The van der Waals surface area contributed by atoms with Crippen LogP contribution in [0.3, 0.4) is 0 Å². The summed E-state index contributed by atoms with van der Waals surface area (Å²) in [6.07, 6.45) is 4.87. The van der Waals surface area contributed by atoms with Gasteiger partial charge in [-0.15, -0.1) is 0 Å². The average molecular weight is 500 g/mol. The number of unbranched alkanes of at least 4 members (excludes halogenated alkanes) is 3. The van der Waals surface area contributed by atoms with Gasteiger partial charge < -0.3 is 9.80 Å². The SMILES string of the molecule is CCCCCCC(=O)N(c1ccc([N+](=O)[O-])cc1)C1CC(C)N(C(=O)c2ccccc2)c2ccccc21. The van der Waals surface area contributed by atoms with E-state index in [0.717, 1.165) is 36.9 Å². The van der Waals surface area contributed by atoms with Crippen molar-refractivity contribution in [2.24, 2.45) is 0 Å². The summed E-state index contributed by atoms with van der Waals surface area (Å²) in [5.74, 6) is -0.0911. The smallest absolute Gasteiger partial charge is 0.269 e. The average Bonchev–Trinajstić information content (AvgIpc) is 2.92. The van der Waals surface area contributed by atoms with Gasteiger partial charge in [0.05, 0.1) is 11.0 Å². The first kappa shape index (κ1) is 26.1. The molecule has 3 aromatic carbocycles. The molecule has 0 saturated carbocycles. The van der Waals surface area contributed by atoms with E-state index >= 15 is 0 Å². The first-order valence-electron chi connectivity index (χ1n) is 13.0. The second-order valence-corrected chi connectivity index (χ2v) is 9.55. The molecule has 1 heterocycles. The number of carbonyl (C=O) groups is 2. The number of nitro benzene ring substituents is 1. The van der Waals surface area contributed by atoms with Crippen molar-refractivity contribution in [2.45, 2.75) is 64.5 Å². The summed E-state index contributed by atoms with van der Waals surface area (Å²) in [4.78, 5) is 41.6. The van der Waals surface area contributed by atoms with Gasteiger partial charge in [-0.1, -0.05) is 62.6 Å². The predicted molar refractivity (Wildman–Crippen MR) is 146 cm³/mol. The maximum Gasteiger partial charge on any atom is 0.269 e. The molecular weight excluding hydrogens is 466 g/mol. The maximum atomic E-state index is 13.7. The van der Waals surface area contributed by atoms with Gasteiger partial charge in [0, 0.05) is 41.5 Å². The molecular formula is C30H33N3O4. The minimum absolute atomic E-state index is 0.0141. The number of benzene rings is 3. The highest BCUT2D eigenvalue weighted by Gasteiger charge is 2.38. The normalized spacial score (nSPS) is 16.6. The van der Waals surface area contributed by atoms with Crippen LogP contribution in [0.5, 0.6) is 0 Å². The molecule has 0 N–H and O–H groups in total. The molecule has 2 unspecified atom stereocenters. The third-order valence-corrected chi connectivity index (χ3v) is 6.96. The minimum atomic E-state index is -0.439. The number of nitrogens with zero attached hydrogens (tertiary/aromatic N) is 3. The van der Waals surface area contributed by atoms with E-state index in [2.05, 4.69) is 6.92 Å². The Morgan fingerprint density at radius 1 is 0.946 bits per heavy atom. The third-order valence-electron chi connectivity index (χ3n) is 6.96. The van der Waals surface area contributed by atoms with Crippen LogP contribution in [0.2, 0.25) is 0 Å². The van der Waals surface area contributed by atoms with Crippen molar-refractivity contribution >= 4 is 28.9 Å². The number of hydrogen-bond acceptors (Lipinski definition) is 4. The molecule has 192 valence electrons. The predicted octanol–water partition coefficient (Wildman–Crippen LogP) is 7.08. The van der Waals surface area contributed by atoms with Crippen LogP contribution in [0.15, 0.2) is 78.9 Å². The van der Waals surface area contributed by atoms with Crippen molar-refractivity contribution in [1.29, 1.82) is 0 Å². The molecule has 2 atom stereocenters. The van der Waals surface area contributed by atoms with Crippen LogP contribution in [0.4, 0.5) is 17.1 Å². The molecule has 0 aromatic heterocycles. The van der Waals surface area contributed by atoms with Crippen LogP contribution in [0, 0.1) is 10.1 Å². The van der Waals surface area contributed by atoms with E-state index in [9.17, 15) is 19.7 Å². The molecule has 0 saturated heterocycles. The van der Waals surface area contributed by atoms with Crippen LogP contribution in [0.25, 0.3) is 0 Å². The summed E-state index contributed by atoms with van der Waals surface area (Å²) in [5.41, 5.74) is 2.90. The van der Waals surface area contributed by atoms with Crippen LogP contribution in [0.1, 0.15) is 74.3 Å². The van der Waals surface area contributed by atoms with Gasteiger partial charge in [-0.25, -0.2) is 0 Å². The first-order valence-corrected chi connectivity index (χ1v) is 13.0. The van der Waals surface area contributed by atoms with Crippen molar-refractivity contribution in [2.75, 3.05) is 9.80 Å². The number of rotatable bonds is 9. The first-order chi connectivity index (χ1) is 17.9. The molecule has 2 amide bonds. The van der Waals surface area contributed by atoms with E-state index in [4.69, 9.17) is 0 Å². The van der Waals surface area contributed by atoms with E-state index in [-0.39, 0.29) is 29.6 Å². The highest BCUT2D eigenvalue weighted by atomic mass is 16.6. The summed E-state index contributed by atoms with van der Waals surface area (Å²) >= 11 is 0. The monoisotopic (exact) mass is 499 g/mol. The van der Waals surface area contributed by atoms with Crippen molar-refractivity contribution in [3.63, 3.8) is 0 Å². The second kappa shape index (κ2) is 11.8. The summed E-state index contributed by atoms with van der Waals surface area (Å²) in [6, 6.07) is 22.7. The lowest BCUT2D eigenvalue weighted by atomic mass is 9.89. The van der Waals surface area contributed by atoms with Crippen molar-refractivity contribution in [1.82, 2.24) is 0 Å². The Hall–Kier alpha value is -4.00. The van der Waals surface area contributed by atoms with E-state index in [1.165, 1.54) is 12.1 Å². The zero-order valence-corrected chi connectivity index (χ0v) is 21.4. The lowest BCUT2D eigenvalue weighted by Crippen LogP contribution is -2.47. The lowest BCUT2D eigenvalue weighted by molar-refractivity contribution is -0.384. The number of fused-ring (bicyclic) bond motifs is 1. The van der Waals surface area contributed by atoms with Crippen molar-refractivity contribution < 1.29 is 14.5 Å². The van der Waals surface area contributed by atoms with Crippen LogP contribution < -0.4 is 9.80 Å². The number of non-ortho nitro benzene ring substituents is 1. The molecule has 37 heavy (non-hydrogen) atoms. The Morgan fingerprint density at radius 3 is 2.30 bits per heavy atom. The van der Waals surface area contributed by atoms with Crippen molar-refractivity contribution in [3.05, 3.63) is 100 Å². The fourth-order valence-corrected chi connectivity index (χ4v) is 5.11. The van der Waals surface area contributed by atoms with Gasteiger partial charge in [0.1, 0.15) is 0 Å². The molecule has 0 aliphatic carbocycles. The van der Waals surface area contributed by atoms with Crippen LogP contribution in [-0.2, 0) is 4.79 Å². The molecule has 1 aliphatic rings. The fourth-order valence-electron chi connectivity index (χ4n) is 5.11. The zero-order valence-electron chi connectivity index (χ0n) is 21.4. The van der Waals surface area contributed by atoms with E-state index in [1.807, 2.05) is 66.4 Å². The highest BCUT2D eigenvalue weighted by molar-refractivity contribution is 6.07. The summed E-state index contributed by atoms with van der Waals surface area (Å²) in [6.45, 7) is 4.14. The van der Waals surface area contributed by atoms with E-state index in [0.29, 0.717) is 24.1 Å². The molecule has 7 heteroatoms. The molecule has 4 rings (SSSR count). The molecule has 0 radical (unpaired) electrons. The lowest BCUT2D eigenvalue weighted by Gasteiger charge is -2.43. The Bertz CT molecular complexity index is 1240. The van der Waals surface area contributed by atoms with Gasteiger partial charge in [-0.3, -0.25) is 19.7 Å². The minimum Gasteiger partial charge on any atom is -0.305 e. The van der Waals surface area contributed by atoms with E-state index in [1.54, 1.807) is 17.0 Å². The van der Waals surface area contributed by atoms with Crippen molar-refractivity contribution in [3.8, 4) is 0 Å². The molecule has 0 bridgehead atoms. The number of amides is 2. The largest absolute Gasteiger partial charge is 0.305 e. The standard InChI is InChI=1S/C30H33N3O4/c1-3-4-5-9-16-29(34)32(24-17-19-25(20-18-24)33(36)37)28-21-22(2)31(27-15-11-10-14-26(27)28)30(35)23-12-7-6-8-13-23/h6-8,10-15,17-20,22,28H,3-5,9,16,21H2,1-2H3. The number of carbonyl (C=O) groups excluding carboxylic acids is 2. The number of anilines is 2. The van der Waals surface area contributed by atoms with Gasteiger partial charge in [0.25, 0.3) is 11.6 Å². The second-order valence-electron chi connectivity index (χ2n) is 9.55. The van der Waals surface area contributed by atoms with Crippen LogP contribution in [-0.4, -0.2) is 22.8 Å². The Morgan fingerprint density at radius 2 is 1.62 bits per heavy atom. The van der Waals surface area contributed by atoms with Gasteiger partial charge in [-0.2, -0.15) is 0 Å². The Kier molecular flexibility index (Phi) is 8.33. The van der Waals surface area contributed by atoms with Gasteiger partial charge >= 0.3 is 0 Å². The molecule has 0 fully saturated rings. The highest BCUT2D eigenvalue weighted by Crippen LogP contribution is 2.43. The molecule has 7 nitrogen and oxygen atoms in total. The number of hydrogen-bond donors (Lipinski definition) is 0. The van der Waals surface area contributed by atoms with Gasteiger partial charge in [-0.05, 0) is 55.7 Å². The zero-order chi connectivity index (χ0) is 26.4.